The third-order valence-electron chi connectivity index (χ3n) is 1.42. The predicted octanol–water partition coefficient (Wildman–Crippen LogP) is 0.449. The zero-order valence-electron chi connectivity index (χ0n) is 7.88. The number of hydrogen-bond acceptors (Lipinski definition) is 3. The molecule has 0 unspecified atom stereocenters. The summed E-state index contributed by atoms with van der Waals surface area (Å²) >= 11 is 0. The maximum Gasteiger partial charge on any atom is 0.309 e. The Kier molecular flexibility index (Phi) is 3.24. The lowest BCUT2D eigenvalue weighted by Gasteiger charge is -2.22. The van der Waals surface area contributed by atoms with Crippen LogP contribution in [-0.4, -0.2) is 17.5 Å². The molecule has 0 saturated heterocycles. The van der Waals surface area contributed by atoms with Gasteiger partial charge in [-0.2, -0.15) is 0 Å². The van der Waals surface area contributed by atoms with E-state index in [4.69, 9.17) is 10.5 Å². The number of hydrogen-bond donors (Lipinski definition) is 1. The average molecular weight is 173 g/mol. The Hall–Kier alpha value is -1.06. The van der Waals surface area contributed by atoms with Crippen LogP contribution >= 0.6 is 0 Å². The minimum atomic E-state index is -1.21. The highest BCUT2D eigenvalue weighted by molar-refractivity contribution is 5.85. The highest BCUT2D eigenvalue weighted by Crippen LogP contribution is 2.11. The number of carbonyl (C=O) groups is 2. The Morgan fingerprint density at radius 1 is 1.33 bits per heavy atom. The Morgan fingerprint density at radius 3 is 2.00 bits per heavy atom. The summed E-state index contributed by atoms with van der Waals surface area (Å²) < 4.78 is 4.85. The fourth-order valence-corrected chi connectivity index (χ4v) is 0.420. The Labute approximate surface area is 72.1 Å². The minimum absolute atomic E-state index is 0.247. The molecule has 0 saturated carbocycles. The molecule has 4 nitrogen and oxygen atoms in total. The van der Waals surface area contributed by atoms with E-state index in [0.717, 1.165) is 0 Å². The van der Waals surface area contributed by atoms with Gasteiger partial charge < -0.3 is 10.5 Å². The van der Waals surface area contributed by atoms with E-state index < -0.39 is 17.5 Å². The van der Waals surface area contributed by atoms with Crippen LogP contribution in [0.2, 0.25) is 0 Å². The lowest BCUT2D eigenvalue weighted by molar-refractivity contribution is -0.166. The molecule has 0 aliphatic rings. The third-order valence-corrected chi connectivity index (χ3v) is 1.42. The average Bonchev–Trinajstić information content (AvgIpc) is 1.85. The molecular weight excluding hydrogens is 158 g/mol. The zero-order valence-corrected chi connectivity index (χ0v) is 7.88. The first-order chi connectivity index (χ1) is 5.27. The van der Waals surface area contributed by atoms with Crippen LogP contribution in [0.5, 0.6) is 0 Å². The molecule has 0 heterocycles. The van der Waals surface area contributed by atoms with Gasteiger partial charge in [0.1, 0.15) is 0 Å². The topological polar surface area (TPSA) is 69.4 Å². The summed E-state index contributed by atoms with van der Waals surface area (Å²) in [5.74, 6) is -1.31. The molecule has 12 heavy (non-hydrogen) atoms. The zero-order chi connectivity index (χ0) is 9.94. The molecule has 2 N–H and O–H groups in total. The molecule has 0 aromatic heterocycles. The number of carbonyl (C=O) groups excluding carboxylic acids is 2. The molecule has 4 heteroatoms. The molecule has 70 valence electrons. The number of rotatable bonds is 3. The van der Waals surface area contributed by atoms with Gasteiger partial charge in [0.25, 0.3) is 5.91 Å². The Bertz CT molecular complexity index is 196. The molecule has 1 amide bonds. The van der Waals surface area contributed by atoms with Crippen LogP contribution in [0.3, 0.4) is 0 Å². The van der Waals surface area contributed by atoms with Crippen LogP contribution in [0.1, 0.15) is 27.7 Å². The predicted molar refractivity (Wildman–Crippen MR) is 44.2 cm³/mol. The first-order valence-corrected chi connectivity index (χ1v) is 3.80. The Morgan fingerprint density at radius 2 is 1.75 bits per heavy atom. The van der Waals surface area contributed by atoms with Gasteiger partial charge in [0.15, 0.2) is 5.60 Å². The van der Waals surface area contributed by atoms with Gasteiger partial charge >= 0.3 is 5.97 Å². The van der Waals surface area contributed by atoms with Gasteiger partial charge in [0.05, 0.1) is 5.92 Å². The quantitative estimate of drug-likeness (QED) is 0.630. The van der Waals surface area contributed by atoms with Crippen LogP contribution in [-0.2, 0) is 14.3 Å². The van der Waals surface area contributed by atoms with Gasteiger partial charge in [0, 0.05) is 0 Å². The van der Waals surface area contributed by atoms with Gasteiger partial charge in [-0.15, -0.1) is 0 Å². The van der Waals surface area contributed by atoms with Crippen molar-refractivity contribution in [1.82, 2.24) is 0 Å². The van der Waals surface area contributed by atoms with Crippen molar-refractivity contribution in [1.29, 1.82) is 0 Å². The van der Waals surface area contributed by atoms with E-state index >= 15 is 0 Å². The molecule has 0 aromatic rings. The summed E-state index contributed by atoms with van der Waals surface area (Å²) in [6.07, 6.45) is 0. The highest BCUT2D eigenvalue weighted by Gasteiger charge is 2.30. The molecule has 0 aliphatic heterocycles. The van der Waals surface area contributed by atoms with Crippen molar-refractivity contribution in [3.8, 4) is 0 Å². The van der Waals surface area contributed by atoms with Gasteiger partial charge in [-0.05, 0) is 13.8 Å². The number of esters is 1. The molecular formula is C8H15NO3. The fourth-order valence-electron chi connectivity index (χ4n) is 0.420. The van der Waals surface area contributed by atoms with Crippen LogP contribution in [0.25, 0.3) is 0 Å². The lowest BCUT2D eigenvalue weighted by atomic mass is 10.1. The molecule has 0 aromatic carbocycles. The van der Waals surface area contributed by atoms with Crippen molar-refractivity contribution in [2.45, 2.75) is 33.3 Å². The normalized spacial score (nSPS) is 11.4. The second-order valence-corrected chi connectivity index (χ2v) is 3.45. The SMILES string of the molecule is CC(C)C(=O)OC(C)(C)C(N)=O. The van der Waals surface area contributed by atoms with Crippen molar-refractivity contribution in [2.24, 2.45) is 11.7 Å². The number of ether oxygens (including phenoxy) is 1. The first kappa shape index (κ1) is 10.9. The molecule has 0 aliphatic carbocycles. The van der Waals surface area contributed by atoms with Crippen LogP contribution < -0.4 is 5.73 Å². The lowest BCUT2D eigenvalue weighted by Crippen LogP contribution is -2.43. The summed E-state index contributed by atoms with van der Waals surface area (Å²) in [4.78, 5) is 21.8. The van der Waals surface area contributed by atoms with Crippen molar-refractivity contribution >= 4 is 11.9 Å². The maximum absolute atomic E-state index is 11.0. The largest absolute Gasteiger partial charge is 0.449 e. The van der Waals surface area contributed by atoms with E-state index in [-0.39, 0.29) is 5.92 Å². The highest BCUT2D eigenvalue weighted by atomic mass is 16.6. The molecule has 0 rings (SSSR count). The number of nitrogens with two attached hydrogens (primary N) is 1. The van der Waals surface area contributed by atoms with Crippen LogP contribution in [0.4, 0.5) is 0 Å². The molecule has 0 fully saturated rings. The van der Waals surface area contributed by atoms with Crippen molar-refractivity contribution < 1.29 is 14.3 Å². The molecule has 0 spiro atoms. The standard InChI is InChI=1S/C8H15NO3/c1-5(2)6(10)12-8(3,4)7(9)11/h5H,1-4H3,(H2,9,11). The number of amides is 1. The molecule has 0 atom stereocenters. The monoisotopic (exact) mass is 173 g/mol. The summed E-state index contributed by atoms with van der Waals surface area (Å²) in [6.45, 7) is 6.32. The maximum atomic E-state index is 11.0. The summed E-state index contributed by atoms with van der Waals surface area (Å²) in [6, 6.07) is 0. The van der Waals surface area contributed by atoms with E-state index in [0.29, 0.717) is 0 Å². The second kappa shape index (κ2) is 3.56. The van der Waals surface area contributed by atoms with Crippen LogP contribution in [0, 0.1) is 5.92 Å². The fraction of sp³-hybridized carbons (Fsp3) is 0.750. The van der Waals surface area contributed by atoms with E-state index in [2.05, 4.69) is 0 Å². The van der Waals surface area contributed by atoms with Gasteiger partial charge in [-0.3, -0.25) is 9.59 Å². The molecule has 0 bridgehead atoms. The Balaban J connectivity index is 4.25. The van der Waals surface area contributed by atoms with Crippen molar-refractivity contribution in [3.05, 3.63) is 0 Å². The van der Waals surface area contributed by atoms with Gasteiger partial charge in [0.2, 0.25) is 0 Å². The first-order valence-electron chi connectivity index (χ1n) is 3.80. The van der Waals surface area contributed by atoms with Gasteiger partial charge in [-0.1, -0.05) is 13.8 Å². The third kappa shape index (κ3) is 2.90. The van der Waals surface area contributed by atoms with E-state index in [1.807, 2.05) is 0 Å². The van der Waals surface area contributed by atoms with Gasteiger partial charge in [-0.25, -0.2) is 0 Å². The smallest absolute Gasteiger partial charge is 0.309 e. The summed E-state index contributed by atoms with van der Waals surface area (Å²) in [7, 11) is 0. The van der Waals surface area contributed by atoms with Crippen molar-refractivity contribution in [3.63, 3.8) is 0 Å². The van der Waals surface area contributed by atoms with E-state index in [1.54, 1.807) is 13.8 Å². The summed E-state index contributed by atoms with van der Waals surface area (Å²) in [5, 5.41) is 0. The van der Waals surface area contributed by atoms with E-state index in [1.165, 1.54) is 13.8 Å². The van der Waals surface area contributed by atoms with E-state index in [9.17, 15) is 9.59 Å². The second-order valence-electron chi connectivity index (χ2n) is 3.45. The minimum Gasteiger partial charge on any atom is -0.449 e. The van der Waals surface area contributed by atoms with Crippen LogP contribution in [0.15, 0.2) is 0 Å². The van der Waals surface area contributed by atoms with Crippen molar-refractivity contribution in [2.75, 3.05) is 0 Å². The number of primary amides is 1. The summed E-state index contributed by atoms with van der Waals surface area (Å²) in [5.41, 5.74) is 3.80. The molecule has 0 radical (unpaired) electrons.